The molecule has 0 saturated heterocycles. The summed E-state index contributed by atoms with van der Waals surface area (Å²) in [6.07, 6.45) is 1.76. The van der Waals surface area contributed by atoms with Gasteiger partial charge in [0.1, 0.15) is 0 Å². The van der Waals surface area contributed by atoms with Crippen LogP contribution in [0.2, 0.25) is 0 Å². The fourth-order valence-electron chi connectivity index (χ4n) is 2.16. The van der Waals surface area contributed by atoms with Crippen LogP contribution in [0.25, 0.3) is 0 Å². The van der Waals surface area contributed by atoms with E-state index in [4.69, 9.17) is 9.47 Å². The van der Waals surface area contributed by atoms with Crippen molar-refractivity contribution >= 4 is 15.7 Å². The Kier molecular flexibility index (Phi) is 4.79. The van der Waals surface area contributed by atoms with E-state index >= 15 is 0 Å². The lowest BCUT2D eigenvalue weighted by atomic mass is 10.0. The van der Waals surface area contributed by atoms with Gasteiger partial charge in [-0.2, -0.15) is 0 Å². The summed E-state index contributed by atoms with van der Waals surface area (Å²) in [6.45, 7) is 1.20. The van der Waals surface area contributed by atoms with Gasteiger partial charge in [0, 0.05) is 13.7 Å². The van der Waals surface area contributed by atoms with Crippen molar-refractivity contribution in [1.82, 2.24) is 0 Å². The third-order valence-electron chi connectivity index (χ3n) is 3.07. The van der Waals surface area contributed by atoms with Crippen molar-refractivity contribution in [2.24, 2.45) is 0 Å². The molecule has 0 atom stereocenters. The molecule has 0 saturated carbocycles. The molecule has 2 rings (SSSR count). The smallest absolute Gasteiger partial charge is 0.259 e. The first-order chi connectivity index (χ1) is 9.15. The normalized spacial score (nSPS) is 15.3. The van der Waals surface area contributed by atoms with Crippen molar-refractivity contribution in [3.05, 3.63) is 29.8 Å². The summed E-state index contributed by atoms with van der Waals surface area (Å²) in [7, 11) is -1.87. The highest BCUT2D eigenvalue weighted by Gasteiger charge is 2.27. The van der Waals surface area contributed by atoms with Crippen LogP contribution in [-0.4, -0.2) is 41.2 Å². The SMILES string of the molecule is COCCOCS(=O)(=O)N1CCCc2ccccc21. The standard InChI is InChI=1S/C13H19NO4S/c1-17-9-10-18-11-19(15,16)14-8-4-6-12-5-2-3-7-13(12)14/h2-3,5,7H,4,6,8-11H2,1H3. The predicted octanol–water partition coefficient (Wildman–Crippen LogP) is 1.39. The van der Waals surface area contributed by atoms with Crippen LogP contribution < -0.4 is 4.31 Å². The second kappa shape index (κ2) is 6.36. The van der Waals surface area contributed by atoms with E-state index in [1.165, 1.54) is 4.31 Å². The first-order valence-corrected chi connectivity index (χ1v) is 7.91. The van der Waals surface area contributed by atoms with Crippen molar-refractivity contribution in [3.63, 3.8) is 0 Å². The number of nitrogens with zero attached hydrogens (tertiary/aromatic N) is 1. The zero-order valence-corrected chi connectivity index (χ0v) is 11.9. The Morgan fingerprint density at radius 1 is 1.26 bits per heavy atom. The molecule has 5 nitrogen and oxygen atoms in total. The molecule has 0 amide bonds. The quantitative estimate of drug-likeness (QED) is 0.741. The average Bonchev–Trinajstić information content (AvgIpc) is 2.43. The lowest BCUT2D eigenvalue weighted by Crippen LogP contribution is -2.37. The van der Waals surface area contributed by atoms with Crippen LogP contribution in [-0.2, 0) is 25.9 Å². The van der Waals surface area contributed by atoms with E-state index in [-0.39, 0.29) is 12.5 Å². The molecule has 0 aliphatic carbocycles. The molecule has 19 heavy (non-hydrogen) atoms. The van der Waals surface area contributed by atoms with E-state index in [1.54, 1.807) is 7.11 Å². The number of benzene rings is 1. The van der Waals surface area contributed by atoms with Crippen LogP contribution in [0, 0.1) is 0 Å². The molecule has 0 N–H and O–H groups in total. The number of methoxy groups -OCH3 is 1. The summed E-state index contributed by atoms with van der Waals surface area (Å²) in [5.41, 5.74) is 1.86. The summed E-state index contributed by atoms with van der Waals surface area (Å²) in [6, 6.07) is 7.62. The van der Waals surface area contributed by atoms with Crippen LogP contribution in [0.4, 0.5) is 5.69 Å². The second-order valence-electron chi connectivity index (χ2n) is 4.44. The largest absolute Gasteiger partial charge is 0.382 e. The maximum absolute atomic E-state index is 12.3. The number of anilines is 1. The van der Waals surface area contributed by atoms with E-state index in [1.807, 2.05) is 24.3 Å². The minimum atomic E-state index is -3.42. The predicted molar refractivity (Wildman–Crippen MR) is 73.7 cm³/mol. The molecule has 1 aromatic carbocycles. The zero-order valence-electron chi connectivity index (χ0n) is 11.0. The molecule has 1 heterocycles. The van der Waals surface area contributed by atoms with Gasteiger partial charge in [0.15, 0.2) is 5.94 Å². The Morgan fingerprint density at radius 2 is 2.05 bits per heavy atom. The van der Waals surface area contributed by atoms with Gasteiger partial charge >= 0.3 is 0 Å². The van der Waals surface area contributed by atoms with Gasteiger partial charge in [-0.1, -0.05) is 18.2 Å². The van der Waals surface area contributed by atoms with Gasteiger partial charge in [0.2, 0.25) is 0 Å². The number of hydrogen-bond acceptors (Lipinski definition) is 4. The van der Waals surface area contributed by atoms with Gasteiger partial charge in [0.25, 0.3) is 10.0 Å². The minimum Gasteiger partial charge on any atom is -0.382 e. The Morgan fingerprint density at radius 3 is 2.84 bits per heavy atom. The van der Waals surface area contributed by atoms with E-state index in [0.29, 0.717) is 13.2 Å². The Bertz CT molecular complexity index is 515. The topological polar surface area (TPSA) is 55.8 Å². The fraction of sp³-hybridized carbons (Fsp3) is 0.538. The monoisotopic (exact) mass is 285 g/mol. The van der Waals surface area contributed by atoms with Crippen LogP contribution in [0.3, 0.4) is 0 Å². The third kappa shape index (κ3) is 3.46. The highest BCUT2D eigenvalue weighted by molar-refractivity contribution is 7.92. The number of ether oxygens (including phenoxy) is 2. The second-order valence-corrected chi connectivity index (χ2v) is 6.28. The van der Waals surface area contributed by atoms with Gasteiger partial charge in [-0.3, -0.25) is 4.31 Å². The summed E-state index contributed by atoms with van der Waals surface area (Å²) in [4.78, 5) is 0. The molecule has 0 spiro atoms. The van der Waals surface area contributed by atoms with E-state index < -0.39 is 10.0 Å². The van der Waals surface area contributed by atoms with Gasteiger partial charge in [0.05, 0.1) is 18.9 Å². The summed E-state index contributed by atoms with van der Waals surface area (Å²) in [5.74, 6) is -0.301. The number of aryl methyl sites for hydroxylation is 1. The molecule has 0 bridgehead atoms. The number of fused-ring (bicyclic) bond motifs is 1. The number of rotatable bonds is 6. The molecular formula is C13H19NO4S. The molecule has 0 aromatic heterocycles. The number of sulfonamides is 1. The lowest BCUT2D eigenvalue weighted by molar-refractivity contribution is 0.0927. The van der Waals surface area contributed by atoms with Gasteiger partial charge in [-0.25, -0.2) is 8.42 Å². The Balaban J connectivity index is 2.09. The van der Waals surface area contributed by atoms with Crippen LogP contribution in [0.5, 0.6) is 0 Å². The third-order valence-corrected chi connectivity index (χ3v) is 4.58. The molecular weight excluding hydrogens is 266 g/mol. The van der Waals surface area contributed by atoms with Crippen LogP contribution in [0.1, 0.15) is 12.0 Å². The maximum atomic E-state index is 12.3. The molecule has 0 radical (unpaired) electrons. The lowest BCUT2D eigenvalue weighted by Gasteiger charge is -2.30. The zero-order chi connectivity index (χ0) is 13.7. The van der Waals surface area contributed by atoms with Gasteiger partial charge in [-0.05, 0) is 24.5 Å². The highest BCUT2D eigenvalue weighted by atomic mass is 32.2. The van der Waals surface area contributed by atoms with Crippen molar-refractivity contribution in [1.29, 1.82) is 0 Å². The van der Waals surface area contributed by atoms with Crippen molar-refractivity contribution in [2.45, 2.75) is 12.8 Å². The van der Waals surface area contributed by atoms with Crippen LogP contribution >= 0.6 is 0 Å². The Labute approximate surface area is 114 Å². The number of hydrogen-bond donors (Lipinski definition) is 0. The van der Waals surface area contributed by atoms with Crippen molar-refractivity contribution in [2.75, 3.05) is 37.1 Å². The highest BCUT2D eigenvalue weighted by Crippen LogP contribution is 2.29. The van der Waals surface area contributed by atoms with Crippen molar-refractivity contribution < 1.29 is 17.9 Å². The van der Waals surface area contributed by atoms with E-state index in [0.717, 1.165) is 24.1 Å². The van der Waals surface area contributed by atoms with Crippen molar-refractivity contribution in [3.8, 4) is 0 Å². The molecule has 1 aliphatic rings. The fourth-order valence-corrected chi connectivity index (χ4v) is 3.50. The molecule has 0 fully saturated rings. The van der Waals surface area contributed by atoms with Gasteiger partial charge < -0.3 is 9.47 Å². The molecule has 106 valence electrons. The Hall–Kier alpha value is -1.11. The first kappa shape index (κ1) is 14.3. The number of para-hydroxylation sites is 1. The maximum Gasteiger partial charge on any atom is 0.259 e. The molecule has 1 aromatic rings. The van der Waals surface area contributed by atoms with Crippen LogP contribution in [0.15, 0.2) is 24.3 Å². The minimum absolute atomic E-state index is 0.283. The molecule has 1 aliphatic heterocycles. The van der Waals surface area contributed by atoms with E-state index in [9.17, 15) is 8.42 Å². The van der Waals surface area contributed by atoms with E-state index in [2.05, 4.69) is 0 Å². The summed E-state index contributed by atoms with van der Waals surface area (Å²) in [5, 5.41) is 0. The summed E-state index contributed by atoms with van der Waals surface area (Å²) < 4.78 is 36.0. The molecule has 0 unspecified atom stereocenters. The first-order valence-electron chi connectivity index (χ1n) is 6.30. The molecule has 6 heteroatoms. The summed E-state index contributed by atoms with van der Waals surface area (Å²) >= 11 is 0. The average molecular weight is 285 g/mol. The van der Waals surface area contributed by atoms with Gasteiger partial charge in [-0.15, -0.1) is 0 Å².